The summed E-state index contributed by atoms with van der Waals surface area (Å²) in [5, 5.41) is 10.9. The number of nitrogens with zero attached hydrogens (tertiary/aromatic N) is 6. The first-order valence-electron chi connectivity index (χ1n) is 12.5. The van der Waals surface area contributed by atoms with E-state index in [1.54, 1.807) is 12.1 Å². The van der Waals surface area contributed by atoms with Gasteiger partial charge in [0.2, 0.25) is 0 Å². The number of aromatic nitrogens is 4. The molecule has 1 saturated carbocycles. The Balaban J connectivity index is 0.00000164. The van der Waals surface area contributed by atoms with Gasteiger partial charge in [-0.15, -0.1) is 0 Å². The van der Waals surface area contributed by atoms with E-state index in [0.717, 1.165) is 16.4 Å². The number of nitrogens with one attached hydrogen (secondary N) is 2. The van der Waals surface area contributed by atoms with Crippen LogP contribution in [-0.2, 0) is 13.1 Å². The van der Waals surface area contributed by atoms with Gasteiger partial charge in [-0.1, -0.05) is 19.9 Å². The largest absolute Gasteiger partial charge is 0.494 e. The third-order valence-corrected chi connectivity index (χ3v) is 6.01. The second kappa shape index (κ2) is 12.2. The monoisotopic (exact) mass is 520 g/mol. The third kappa shape index (κ3) is 6.09. The van der Waals surface area contributed by atoms with Crippen molar-refractivity contribution >= 4 is 29.3 Å². The average Bonchev–Trinajstić information content (AvgIpc) is 3.71. The Hall–Kier alpha value is -4.45. The third-order valence-electron chi connectivity index (χ3n) is 6.01. The van der Waals surface area contributed by atoms with Gasteiger partial charge in [-0.25, -0.2) is 25.2 Å². The fourth-order valence-corrected chi connectivity index (χ4v) is 4.01. The van der Waals surface area contributed by atoms with Crippen LogP contribution in [0.2, 0.25) is 0 Å². The van der Waals surface area contributed by atoms with Crippen LogP contribution in [0, 0.1) is 5.82 Å². The molecule has 0 amide bonds. The van der Waals surface area contributed by atoms with E-state index in [2.05, 4.69) is 53.4 Å². The molecule has 0 unspecified atom stereocenters. The number of hydrazine groups is 1. The molecule has 0 bridgehead atoms. The molecule has 0 spiro atoms. The molecule has 200 valence electrons. The van der Waals surface area contributed by atoms with Crippen LogP contribution in [0.3, 0.4) is 0 Å². The van der Waals surface area contributed by atoms with Crippen molar-refractivity contribution in [2.75, 3.05) is 22.8 Å². The van der Waals surface area contributed by atoms with Gasteiger partial charge >= 0.3 is 0 Å². The number of nitrogens with two attached hydrogens (primary N) is 2. The van der Waals surface area contributed by atoms with Crippen molar-refractivity contribution in [3.63, 3.8) is 0 Å². The lowest BCUT2D eigenvalue weighted by molar-refractivity contribution is 0.384. The number of hydrazone groups is 1. The number of hydrogen-bond donors (Lipinski definition) is 4. The lowest BCUT2D eigenvalue weighted by Gasteiger charge is -2.19. The zero-order valence-corrected chi connectivity index (χ0v) is 21.7. The minimum Gasteiger partial charge on any atom is -0.494 e. The van der Waals surface area contributed by atoms with Crippen LogP contribution < -0.4 is 32.1 Å². The normalized spacial score (nSPS) is 12.8. The maximum absolute atomic E-state index is 15.0. The minimum atomic E-state index is -0.549. The fraction of sp³-hybridized carbons (Fsp3) is 0.308. The van der Waals surface area contributed by atoms with Crippen molar-refractivity contribution in [1.82, 2.24) is 19.4 Å². The van der Waals surface area contributed by atoms with Crippen LogP contribution in [0.25, 0.3) is 5.65 Å². The predicted molar refractivity (Wildman–Crippen MR) is 147 cm³/mol. The van der Waals surface area contributed by atoms with Crippen LogP contribution in [0.1, 0.15) is 49.4 Å². The first kappa shape index (κ1) is 26.6. The van der Waals surface area contributed by atoms with Crippen LogP contribution in [0.15, 0.2) is 54.2 Å². The Morgan fingerprint density at radius 2 is 1.87 bits per heavy atom. The molecule has 1 aromatic carbocycles. The van der Waals surface area contributed by atoms with Crippen LogP contribution >= 0.6 is 0 Å². The summed E-state index contributed by atoms with van der Waals surface area (Å²) in [6.45, 7) is 4.57. The van der Waals surface area contributed by atoms with Crippen molar-refractivity contribution in [3.8, 4) is 5.75 Å². The Morgan fingerprint density at radius 3 is 2.55 bits per heavy atom. The zero-order chi connectivity index (χ0) is 27.1. The lowest BCUT2D eigenvalue weighted by atomic mass is 10.1. The SMILES string of the molecule is CC.COc1ccc(N(N)/C=N\N)c(CNc2cc(NCc3cn4cc(C5CC5)ccc4n3)ncn2)c1F. The van der Waals surface area contributed by atoms with E-state index < -0.39 is 5.82 Å². The van der Waals surface area contributed by atoms with Crippen molar-refractivity contribution in [3.05, 3.63) is 71.7 Å². The second-order valence-electron chi connectivity index (χ2n) is 8.48. The molecule has 5 rings (SSSR count). The Bertz CT molecular complexity index is 1400. The molecular weight excluding hydrogens is 487 g/mol. The fourth-order valence-electron chi connectivity index (χ4n) is 4.01. The Labute approximate surface area is 220 Å². The number of ether oxygens (including phenoxy) is 1. The highest BCUT2D eigenvalue weighted by molar-refractivity contribution is 5.79. The van der Waals surface area contributed by atoms with Gasteiger partial charge in [-0.3, -0.25) is 5.01 Å². The van der Waals surface area contributed by atoms with E-state index in [4.69, 9.17) is 16.4 Å². The topological polar surface area (TPSA) is 144 Å². The van der Waals surface area contributed by atoms with Gasteiger partial charge in [0.25, 0.3) is 0 Å². The molecule has 6 N–H and O–H groups in total. The molecule has 1 fully saturated rings. The molecule has 0 atom stereocenters. The molecule has 1 aliphatic carbocycles. The van der Waals surface area contributed by atoms with Gasteiger partial charge < -0.3 is 25.6 Å². The zero-order valence-electron chi connectivity index (χ0n) is 21.7. The minimum absolute atomic E-state index is 0.0801. The number of hydrogen-bond acceptors (Lipinski definition) is 9. The summed E-state index contributed by atoms with van der Waals surface area (Å²) >= 11 is 0. The van der Waals surface area contributed by atoms with E-state index >= 15 is 4.39 Å². The first-order chi connectivity index (χ1) is 18.6. The summed E-state index contributed by atoms with van der Waals surface area (Å²) in [6.07, 6.45) is 9.31. The van der Waals surface area contributed by atoms with E-state index in [1.165, 1.54) is 44.2 Å². The van der Waals surface area contributed by atoms with Crippen molar-refractivity contribution in [2.45, 2.75) is 45.7 Å². The predicted octanol–water partition coefficient (Wildman–Crippen LogP) is 3.98. The van der Waals surface area contributed by atoms with Gasteiger partial charge in [0.1, 0.15) is 29.9 Å². The number of benzene rings is 1. The maximum atomic E-state index is 15.0. The van der Waals surface area contributed by atoms with Crippen LogP contribution in [0.5, 0.6) is 5.75 Å². The van der Waals surface area contributed by atoms with Gasteiger partial charge in [0.05, 0.1) is 25.0 Å². The number of anilines is 3. The Kier molecular flexibility index (Phi) is 8.54. The van der Waals surface area contributed by atoms with E-state index in [9.17, 15) is 0 Å². The van der Waals surface area contributed by atoms with Gasteiger partial charge in [0.15, 0.2) is 11.6 Å². The number of methoxy groups -OCH3 is 1. The summed E-state index contributed by atoms with van der Waals surface area (Å²) in [5.74, 6) is 12.5. The van der Waals surface area contributed by atoms with Crippen molar-refractivity contribution in [2.24, 2.45) is 16.8 Å². The molecule has 0 saturated heterocycles. The number of halogens is 1. The molecule has 0 radical (unpaired) electrons. The quantitative estimate of drug-likeness (QED) is 0.106. The molecule has 38 heavy (non-hydrogen) atoms. The van der Waals surface area contributed by atoms with E-state index in [-0.39, 0.29) is 17.9 Å². The van der Waals surface area contributed by atoms with Crippen LogP contribution in [-0.4, -0.2) is 32.8 Å². The molecule has 11 nitrogen and oxygen atoms in total. The molecule has 1 aliphatic rings. The molecule has 12 heteroatoms. The standard InChI is InChI=1S/C24H27FN10O.C2H6/c1-36-20-6-5-19(35(27)14-32-26)18(24(20)25)10-29-22-8-21(30-13-31-22)28-9-17-12-34-11-16(15-2-3-15)4-7-23(34)33-17;1-2/h4-8,11-15H,2-3,9-10,26-27H2,1H3,(H2,28,29,30,31);1-2H3/b32-14-;. The second-order valence-corrected chi connectivity index (χ2v) is 8.48. The van der Waals surface area contributed by atoms with Gasteiger partial charge in [-0.2, -0.15) is 5.10 Å². The summed E-state index contributed by atoms with van der Waals surface area (Å²) in [5.41, 5.74) is 3.80. The van der Waals surface area contributed by atoms with Gasteiger partial charge in [0, 0.05) is 30.6 Å². The number of pyridine rings is 1. The average molecular weight is 521 g/mol. The lowest BCUT2D eigenvalue weighted by Crippen LogP contribution is -2.31. The summed E-state index contributed by atoms with van der Waals surface area (Å²) in [4.78, 5) is 13.2. The molecule has 0 aliphatic heterocycles. The summed E-state index contributed by atoms with van der Waals surface area (Å²) in [6, 6.07) is 9.05. The van der Waals surface area contributed by atoms with Crippen molar-refractivity contribution in [1.29, 1.82) is 0 Å². The highest BCUT2D eigenvalue weighted by atomic mass is 19.1. The van der Waals surface area contributed by atoms with E-state index in [1.807, 2.05) is 20.0 Å². The molecule has 4 aromatic rings. The highest BCUT2D eigenvalue weighted by Gasteiger charge is 2.23. The Morgan fingerprint density at radius 1 is 1.13 bits per heavy atom. The van der Waals surface area contributed by atoms with Crippen LogP contribution in [0.4, 0.5) is 21.7 Å². The number of fused-ring (bicyclic) bond motifs is 1. The highest BCUT2D eigenvalue weighted by Crippen LogP contribution is 2.39. The number of rotatable bonds is 10. The first-order valence-corrected chi connectivity index (χ1v) is 12.5. The smallest absolute Gasteiger partial charge is 0.172 e. The molecular formula is C26H33FN10O. The molecule has 3 aromatic heterocycles. The summed E-state index contributed by atoms with van der Waals surface area (Å²) in [7, 11) is 1.40. The van der Waals surface area contributed by atoms with Crippen molar-refractivity contribution < 1.29 is 9.13 Å². The maximum Gasteiger partial charge on any atom is 0.172 e. The number of imidazole rings is 1. The molecule has 3 heterocycles. The summed E-state index contributed by atoms with van der Waals surface area (Å²) < 4.78 is 22.2. The van der Waals surface area contributed by atoms with E-state index in [0.29, 0.717) is 29.8 Å². The van der Waals surface area contributed by atoms with Gasteiger partial charge in [-0.05, 0) is 42.5 Å².